The van der Waals surface area contributed by atoms with Gasteiger partial charge >= 0.3 is 0 Å². The molecule has 0 radical (unpaired) electrons. The van der Waals surface area contributed by atoms with Gasteiger partial charge in [-0.1, -0.05) is 43.7 Å². The molecular formula is C17H20N2. The average Bonchev–Trinajstić information content (AvgIpc) is 2.44. The van der Waals surface area contributed by atoms with E-state index in [1.54, 1.807) is 0 Å². The van der Waals surface area contributed by atoms with Crippen molar-refractivity contribution in [3.63, 3.8) is 0 Å². The van der Waals surface area contributed by atoms with E-state index in [1.165, 1.54) is 24.0 Å². The first-order valence-corrected chi connectivity index (χ1v) is 6.86. The van der Waals surface area contributed by atoms with E-state index < -0.39 is 0 Å². The largest absolute Gasteiger partial charge is 0.151 e. The van der Waals surface area contributed by atoms with Crippen molar-refractivity contribution in [1.29, 1.82) is 0 Å². The molecule has 0 unspecified atom stereocenters. The normalized spacial score (nSPS) is 11.1. The van der Waals surface area contributed by atoms with Gasteiger partial charge in [0.15, 0.2) is 0 Å². The number of azo groups is 1. The first-order chi connectivity index (χ1) is 9.29. The minimum atomic E-state index is 0.908. The number of hydrogen-bond donors (Lipinski definition) is 0. The number of nitrogens with zero attached hydrogens (tertiary/aromatic N) is 2. The third-order valence-corrected chi connectivity index (χ3v) is 3.07. The summed E-state index contributed by atoms with van der Waals surface area (Å²) in [4.78, 5) is 0. The van der Waals surface area contributed by atoms with Crippen LogP contribution in [0, 0.1) is 6.92 Å². The number of hydrogen-bond acceptors (Lipinski definition) is 2. The molecule has 0 aliphatic heterocycles. The molecule has 0 bridgehead atoms. The minimum Gasteiger partial charge on any atom is -0.151 e. The molecule has 0 aromatic heterocycles. The second-order valence-electron chi connectivity index (χ2n) is 4.77. The average molecular weight is 252 g/mol. The topological polar surface area (TPSA) is 24.7 Å². The van der Waals surface area contributed by atoms with Crippen LogP contribution in [0.4, 0.5) is 11.4 Å². The molecule has 0 N–H and O–H groups in total. The number of aryl methyl sites for hydroxylation is 2. The van der Waals surface area contributed by atoms with Crippen LogP contribution in [0.1, 0.15) is 30.9 Å². The highest BCUT2D eigenvalue weighted by molar-refractivity contribution is 5.46. The molecule has 2 aromatic rings. The maximum absolute atomic E-state index is 4.40. The standard InChI is InChI=1S/C17H20N2/c1-3-4-9-15-10-5-6-12-17(15)19-18-16-11-7-8-14(2)13-16/h5-8,10-13H,3-4,9H2,1-2H3. The van der Waals surface area contributed by atoms with Gasteiger partial charge in [-0.05, 0) is 49.1 Å². The highest BCUT2D eigenvalue weighted by Gasteiger charge is 2.00. The fourth-order valence-electron chi connectivity index (χ4n) is 1.99. The van der Waals surface area contributed by atoms with Crippen molar-refractivity contribution in [1.82, 2.24) is 0 Å². The minimum absolute atomic E-state index is 0.908. The molecule has 0 fully saturated rings. The first-order valence-electron chi connectivity index (χ1n) is 6.86. The van der Waals surface area contributed by atoms with E-state index in [0.717, 1.165) is 17.8 Å². The van der Waals surface area contributed by atoms with E-state index in [0.29, 0.717) is 0 Å². The number of unbranched alkanes of at least 4 members (excludes halogenated alkanes) is 1. The lowest BCUT2D eigenvalue weighted by molar-refractivity contribution is 0.794. The zero-order valence-electron chi connectivity index (χ0n) is 11.6. The summed E-state index contributed by atoms with van der Waals surface area (Å²) >= 11 is 0. The van der Waals surface area contributed by atoms with Gasteiger partial charge in [-0.3, -0.25) is 0 Å². The van der Waals surface area contributed by atoms with Crippen LogP contribution < -0.4 is 0 Å². The quantitative estimate of drug-likeness (QED) is 0.605. The summed E-state index contributed by atoms with van der Waals surface area (Å²) in [5.74, 6) is 0. The van der Waals surface area contributed by atoms with Gasteiger partial charge in [0.2, 0.25) is 0 Å². The Balaban J connectivity index is 2.18. The monoisotopic (exact) mass is 252 g/mol. The van der Waals surface area contributed by atoms with Gasteiger partial charge in [0.05, 0.1) is 11.4 Å². The highest BCUT2D eigenvalue weighted by atomic mass is 15.1. The summed E-state index contributed by atoms with van der Waals surface area (Å²) < 4.78 is 0. The van der Waals surface area contributed by atoms with Gasteiger partial charge in [-0.25, -0.2) is 0 Å². The number of benzene rings is 2. The third-order valence-electron chi connectivity index (χ3n) is 3.07. The van der Waals surface area contributed by atoms with Crippen LogP contribution in [0.15, 0.2) is 58.8 Å². The molecule has 0 saturated heterocycles. The van der Waals surface area contributed by atoms with E-state index in [2.05, 4.69) is 42.3 Å². The molecule has 0 atom stereocenters. The predicted molar refractivity (Wildman–Crippen MR) is 80.4 cm³/mol. The Labute approximate surface area is 115 Å². The summed E-state index contributed by atoms with van der Waals surface area (Å²) in [5, 5.41) is 8.73. The molecule has 2 heteroatoms. The number of rotatable bonds is 5. The second kappa shape index (κ2) is 6.83. The van der Waals surface area contributed by atoms with E-state index in [1.807, 2.05) is 30.3 Å². The van der Waals surface area contributed by atoms with Crippen molar-refractivity contribution in [2.24, 2.45) is 10.2 Å². The fraction of sp³-hybridized carbons (Fsp3) is 0.294. The molecule has 19 heavy (non-hydrogen) atoms. The maximum atomic E-state index is 4.40. The molecule has 98 valence electrons. The Bertz CT molecular complexity index is 559. The van der Waals surface area contributed by atoms with E-state index >= 15 is 0 Å². The van der Waals surface area contributed by atoms with Crippen LogP contribution in [-0.4, -0.2) is 0 Å². The van der Waals surface area contributed by atoms with Crippen molar-refractivity contribution >= 4 is 11.4 Å². The van der Waals surface area contributed by atoms with Crippen molar-refractivity contribution in [2.75, 3.05) is 0 Å². The van der Waals surface area contributed by atoms with Crippen LogP contribution in [0.5, 0.6) is 0 Å². The smallest absolute Gasteiger partial charge is 0.0889 e. The maximum Gasteiger partial charge on any atom is 0.0889 e. The van der Waals surface area contributed by atoms with Crippen molar-refractivity contribution < 1.29 is 0 Å². The van der Waals surface area contributed by atoms with Gasteiger partial charge < -0.3 is 0 Å². The lowest BCUT2D eigenvalue weighted by Gasteiger charge is -2.03. The van der Waals surface area contributed by atoms with E-state index in [4.69, 9.17) is 0 Å². The zero-order chi connectivity index (χ0) is 13.5. The van der Waals surface area contributed by atoms with Gasteiger partial charge in [0.1, 0.15) is 0 Å². The van der Waals surface area contributed by atoms with Gasteiger partial charge in [-0.2, -0.15) is 10.2 Å². The van der Waals surface area contributed by atoms with E-state index in [-0.39, 0.29) is 0 Å². The van der Waals surface area contributed by atoms with Crippen LogP contribution >= 0.6 is 0 Å². The van der Waals surface area contributed by atoms with Crippen molar-refractivity contribution in [3.05, 3.63) is 59.7 Å². The Morgan fingerprint density at radius 2 is 1.79 bits per heavy atom. The molecule has 2 aromatic carbocycles. The lowest BCUT2D eigenvalue weighted by Crippen LogP contribution is -1.84. The molecule has 0 aliphatic rings. The van der Waals surface area contributed by atoms with Gasteiger partial charge in [-0.15, -0.1) is 0 Å². The summed E-state index contributed by atoms with van der Waals surface area (Å²) in [6.07, 6.45) is 3.46. The zero-order valence-corrected chi connectivity index (χ0v) is 11.6. The van der Waals surface area contributed by atoms with E-state index in [9.17, 15) is 0 Å². The van der Waals surface area contributed by atoms with Gasteiger partial charge in [0, 0.05) is 0 Å². The molecule has 2 rings (SSSR count). The molecule has 0 aliphatic carbocycles. The van der Waals surface area contributed by atoms with Crippen LogP contribution in [0.2, 0.25) is 0 Å². The van der Waals surface area contributed by atoms with Crippen LogP contribution in [-0.2, 0) is 6.42 Å². The van der Waals surface area contributed by atoms with Gasteiger partial charge in [0.25, 0.3) is 0 Å². The van der Waals surface area contributed by atoms with Crippen molar-refractivity contribution in [3.8, 4) is 0 Å². The first kappa shape index (κ1) is 13.5. The van der Waals surface area contributed by atoms with Crippen LogP contribution in [0.3, 0.4) is 0 Å². The molecule has 2 nitrogen and oxygen atoms in total. The Hall–Kier alpha value is -1.96. The molecular weight excluding hydrogens is 232 g/mol. The Morgan fingerprint density at radius 3 is 2.58 bits per heavy atom. The Kier molecular flexibility index (Phi) is 4.85. The molecule has 0 heterocycles. The second-order valence-corrected chi connectivity index (χ2v) is 4.77. The third kappa shape index (κ3) is 4.02. The van der Waals surface area contributed by atoms with Crippen molar-refractivity contribution in [2.45, 2.75) is 33.1 Å². The summed E-state index contributed by atoms with van der Waals surface area (Å²) in [5.41, 5.74) is 4.37. The summed E-state index contributed by atoms with van der Waals surface area (Å²) in [6, 6.07) is 16.3. The SMILES string of the molecule is CCCCc1ccccc1N=Nc1cccc(C)c1. The molecule has 0 spiro atoms. The molecule has 0 saturated carbocycles. The Morgan fingerprint density at radius 1 is 0.947 bits per heavy atom. The summed E-state index contributed by atoms with van der Waals surface area (Å²) in [7, 11) is 0. The predicted octanol–water partition coefficient (Wildman–Crippen LogP) is 5.75. The summed E-state index contributed by atoms with van der Waals surface area (Å²) in [6.45, 7) is 4.27. The fourth-order valence-corrected chi connectivity index (χ4v) is 1.99. The highest BCUT2D eigenvalue weighted by Crippen LogP contribution is 2.24. The molecule has 0 amide bonds. The lowest BCUT2D eigenvalue weighted by atomic mass is 10.1. The van der Waals surface area contributed by atoms with Crippen LogP contribution in [0.25, 0.3) is 0 Å².